The van der Waals surface area contributed by atoms with Crippen molar-refractivity contribution in [2.24, 2.45) is 11.5 Å². The van der Waals surface area contributed by atoms with Gasteiger partial charge in [0, 0.05) is 30.8 Å². The Hall–Kier alpha value is -7.42. The summed E-state index contributed by atoms with van der Waals surface area (Å²) in [6.07, 6.45) is -2.26. The van der Waals surface area contributed by atoms with Gasteiger partial charge in [0.15, 0.2) is 0 Å². The van der Waals surface area contributed by atoms with E-state index in [1.54, 1.807) is 30.3 Å². The van der Waals surface area contributed by atoms with E-state index >= 15 is 0 Å². The van der Waals surface area contributed by atoms with Gasteiger partial charge in [-0.3, -0.25) is 43.2 Å². The molecule has 24 nitrogen and oxygen atoms in total. The molecule has 0 radical (unpaired) electrons. The SMILES string of the molecule is NCCCC[C@H](NC(=O)[C@H](CCC(=O)O)NC(=O)[C@H](CC(=O)O)NC(=O)[C@H](CS)NC(=O)[C@@H](N)Cc1ccc(O)cc1)C(=O)N[C@@H](Cc1ccccc1)C(=O)N[C@@H](CS)C(=O)N[C@@H](Cc1ccc(O)cc1)C(=O)O. The van der Waals surface area contributed by atoms with E-state index in [4.69, 9.17) is 11.5 Å². The van der Waals surface area contributed by atoms with Gasteiger partial charge in [-0.1, -0.05) is 54.6 Å². The monoisotopic (exact) mass is 1070 g/mol. The number of aromatic hydroxyl groups is 2. The number of carboxylic acid groups (broad SMARTS) is 3. The van der Waals surface area contributed by atoms with Gasteiger partial charge in [0.1, 0.15) is 53.8 Å². The van der Waals surface area contributed by atoms with Gasteiger partial charge in [0.05, 0.1) is 12.5 Å². The summed E-state index contributed by atoms with van der Waals surface area (Å²) in [6, 6.07) is 7.63. The number of thiol groups is 2. The molecule has 7 amide bonds. The van der Waals surface area contributed by atoms with Crippen LogP contribution in [0.2, 0.25) is 0 Å². The van der Waals surface area contributed by atoms with Crippen LogP contribution in [0.15, 0.2) is 78.9 Å². The lowest BCUT2D eigenvalue weighted by atomic mass is 10.0. The van der Waals surface area contributed by atoms with E-state index in [9.17, 15) is 73.5 Å². The van der Waals surface area contributed by atoms with Crippen molar-refractivity contribution in [1.29, 1.82) is 0 Å². The molecule has 0 heterocycles. The summed E-state index contributed by atoms with van der Waals surface area (Å²) in [5.74, 6) is -12.2. The summed E-state index contributed by atoms with van der Waals surface area (Å²) >= 11 is 8.30. The van der Waals surface area contributed by atoms with Crippen LogP contribution in [0, 0.1) is 0 Å². The highest BCUT2D eigenvalue weighted by Crippen LogP contribution is 2.14. The van der Waals surface area contributed by atoms with Gasteiger partial charge in [-0.2, -0.15) is 25.3 Å². The number of hydrogen-bond donors (Lipinski definition) is 16. The summed E-state index contributed by atoms with van der Waals surface area (Å²) in [7, 11) is 0. The number of aliphatic carboxylic acids is 3. The Morgan fingerprint density at radius 3 is 1.32 bits per heavy atom. The van der Waals surface area contributed by atoms with Crippen LogP contribution in [-0.4, -0.2) is 151 Å². The lowest BCUT2D eigenvalue weighted by Gasteiger charge is -2.27. The van der Waals surface area contributed by atoms with Crippen LogP contribution in [-0.2, 0) is 67.2 Å². The zero-order valence-corrected chi connectivity index (χ0v) is 41.8. The highest BCUT2D eigenvalue weighted by atomic mass is 32.1. The fourth-order valence-electron chi connectivity index (χ4n) is 7.09. The van der Waals surface area contributed by atoms with Crippen molar-refractivity contribution < 1.29 is 73.5 Å². The molecule has 3 aromatic carbocycles. The summed E-state index contributed by atoms with van der Waals surface area (Å²) in [5.41, 5.74) is 13.3. The minimum Gasteiger partial charge on any atom is -0.508 e. The molecular formula is C48H63N9O15S2. The molecule has 402 valence electrons. The number of nitrogens with two attached hydrogens (primary N) is 2. The van der Waals surface area contributed by atoms with Crippen LogP contribution < -0.4 is 48.7 Å². The molecule has 0 aliphatic heterocycles. The minimum atomic E-state index is -1.91. The molecule has 0 unspecified atom stereocenters. The fourth-order valence-corrected chi connectivity index (χ4v) is 7.60. The molecule has 0 bridgehead atoms. The van der Waals surface area contributed by atoms with E-state index in [2.05, 4.69) is 62.5 Å². The van der Waals surface area contributed by atoms with Crippen molar-refractivity contribution in [3.8, 4) is 11.5 Å². The van der Waals surface area contributed by atoms with Gasteiger partial charge in [0.2, 0.25) is 41.4 Å². The first-order valence-corrected chi connectivity index (χ1v) is 24.5. The maximum absolute atomic E-state index is 14.2. The highest BCUT2D eigenvalue weighted by molar-refractivity contribution is 7.80. The third-order valence-electron chi connectivity index (χ3n) is 11.1. The molecule has 3 aromatic rings. The molecule has 0 aromatic heterocycles. The number of hydrogen-bond acceptors (Lipinski definition) is 16. The molecule has 0 saturated carbocycles. The average molecular weight is 1070 g/mol. The molecule has 0 spiro atoms. The van der Waals surface area contributed by atoms with Gasteiger partial charge in [-0.05, 0) is 79.6 Å². The second kappa shape index (κ2) is 31.2. The second-order valence-electron chi connectivity index (χ2n) is 17.0. The predicted octanol–water partition coefficient (Wildman–Crippen LogP) is -1.74. The number of carbonyl (C=O) groups is 10. The molecule has 26 heteroatoms. The van der Waals surface area contributed by atoms with E-state index in [1.807, 2.05) is 0 Å². The number of rotatable bonds is 32. The van der Waals surface area contributed by atoms with E-state index < -0.39 is 127 Å². The third-order valence-corrected chi connectivity index (χ3v) is 11.9. The Labute approximate surface area is 436 Å². The Balaban J connectivity index is 1.84. The standard InChI is InChI=1S/C48H63N9O15S2/c49-19-5-4-8-32(42(65)53-34(21-26-6-2-1-3-7-26)44(67)57-38(25-74)47(70)55-36(48(71)72)22-28-11-15-30(59)16-12-28)51-43(66)33(17-18-39(60)61)52-45(68)35(23-40(62)63)54-46(69)37(24-73)56-41(64)31(50)20-27-9-13-29(58)14-10-27/h1-3,6-7,9-16,31-38,58-59,73-74H,4-5,8,17-25,49-50H2,(H,51,66)(H,52,68)(H,53,65)(H,54,69)(H,55,70)(H,56,64)(H,57,67)(H,60,61)(H,62,63)(H,71,72)/t31-,32-,33-,34-,35-,36-,37-,38-/m0/s1. The number of benzene rings is 3. The van der Waals surface area contributed by atoms with Gasteiger partial charge in [0.25, 0.3) is 0 Å². The smallest absolute Gasteiger partial charge is 0.326 e. The van der Waals surface area contributed by atoms with Crippen LogP contribution in [0.3, 0.4) is 0 Å². The van der Waals surface area contributed by atoms with Gasteiger partial charge >= 0.3 is 17.9 Å². The normalized spacial score (nSPS) is 14.2. The quantitative estimate of drug-likeness (QED) is 0.0244. The number of unbranched alkanes of at least 4 members (excludes halogenated alkanes) is 1. The van der Waals surface area contributed by atoms with Crippen LogP contribution >= 0.6 is 25.3 Å². The molecule has 8 atom stereocenters. The summed E-state index contributed by atoms with van der Waals surface area (Å²) in [4.78, 5) is 132. The van der Waals surface area contributed by atoms with Crippen LogP contribution in [0.1, 0.15) is 55.2 Å². The first-order valence-electron chi connectivity index (χ1n) is 23.2. The van der Waals surface area contributed by atoms with E-state index in [0.717, 1.165) is 0 Å². The van der Waals surface area contributed by atoms with Crippen LogP contribution in [0.5, 0.6) is 11.5 Å². The molecule has 74 heavy (non-hydrogen) atoms. The van der Waals surface area contributed by atoms with E-state index in [0.29, 0.717) is 23.1 Å². The van der Waals surface area contributed by atoms with E-state index in [-0.39, 0.29) is 61.7 Å². The molecule has 0 aliphatic rings. The molecule has 0 aliphatic carbocycles. The Kier molecular flexibility index (Phi) is 25.7. The number of phenolic OH excluding ortho intramolecular Hbond substituents is 2. The first kappa shape index (κ1) is 60.9. The summed E-state index contributed by atoms with van der Waals surface area (Å²) < 4.78 is 0. The van der Waals surface area contributed by atoms with Crippen LogP contribution in [0.4, 0.5) is 0 Å². The predicted molar refractivity (Wildman–Crippen MR) is 273 cm³/mol. The maximum atomic E-state index is 14.2. The molecule has 0 fully saturated rings. The van der Waals surface area contributed by atoms with E-state index in [1.165, 1.54) is 48.5 Å². The number of carboxylic acids is 3. The topological polar surface area (TPSA) is 408 Å². The van der Waals surface area contributed by atoms with Gasteiger partial charge in [-0.15, -0.1) is 0 Å². The average Bonchev–Trinajstić information content (AvgIpc) is 3.36. The maximum Gasteiger partial charge on any atom is 0.326 e. The van der Waals surface area contributed by atoms with Crippen molar-refractivity contribution in [2.75, 3.05) is 18.1 Å². The Morgan fingerprint density at radius 1 is 0.446 bits per heavy atom. The molecule has 3 rings (SSSR count). The van der Waals surface area contributed by atoms with Crippen molar-refractivity contribution in [2.45, 2.75) is 106 Å². The van der Waals surface area contributed by atoms with Crippen molar-refractivity contribution in [1.82, 2.24) is 37.2 Å². The zero-order valence-electron chi connectivity index (χ0n) is 40.0. The first-order chi connectivity index (χ1) is 35.1. The highest BCUT2D eigenvalue weighted by Gasteiger charge is 2.35. The van der Waals surface area contributed by atoms with Crippen molar-refractivity contribution >= 4 is 84.5 Å². The summed E-state index contributed by atoms with van der Waals surface area (Å²) in [6.45, 7) is 0.171. The largest absolute Gasteiger partial charge is 0.508 e. The number of nitrogens with one attached hydrogen (secondary N) is 7. The Morgan fingerprint density at radius 2 is 0.838 bits per heavy atom. The fraction of sp³-hybridized carbons (Fsp3) is 0.417. The minimum absolute atomic E-state index is 0.00391. The van der Waals surface area contributed by atoms with Crippen LogP contribution in [0.25, 0.3) is 0 Å². The number of amides is 7. The molecule has 16 N–H and O–H groups in total. The van der Waals surface area contributed by atoms with Crippen molar-refractivity contribution in [3.63, 3.8) is 0 Å². The summed E-state index contributed by atoms with van der Waals surface area (Å²) in [5, 5.41) is 65.0. The van der Waals surface area contributed by atoms with Gasteiger partial charge < -0.3 is 74.2 Å². The molecular weight excluding hydrogens is 1010 g/mol. The number of phenols is 2. The Bertz CT molecular complexity index is 2400. The zero-order chi connectivity index (χ0) is 54.9. The third kappa shape index (κ3) is 21.3. The van der Waals surface area contributed by atoms with Gasteiger partial charge in [-0.25, -0.2) is 4.79 Å². The second-order valence-corrected chi connectivity index (χ2v) is 17.7. The van der Waals surface area contributed by atoms with Crippen molar-refractivity contribution in [3.05, 3.63) is 95.6 Å². The lowest BCUT2D eigenvalue weighted by molar-refractivity contribution is -0.142. The number of carbonyl (C=O) groups excluding carboxylic acids is 7. The lowest BCUT2D eigenvalue weighted by Crippen LogP contribution is -2.61. The molecule has 0 saturated heterocycles.